The van der Waals surface area contributed by atoms with Gasteiger partial charge in [0.1, 0.15) is 11.5 Å². The minimum Gasteiger partial charge on any atom is -0.466 e. The highest BCUT2D eigenvalue weighted by atomic mass is 35.5. The summed E-state index contributed by atoms with van der Waals surface area (Å²) >= 11 is 0. The van der Waals surface area contributed by atoms with E-state index < -0.39 is 0 Å². The Balaban J connectivity index is 0.00000144. The lowest BCUT2D eigenvalue weighted by molar-refractivity contribution is 0.0949. The highest BCUT2D eigenvalue weighted by molar-refractivity contribution is 5.95. The van der Waals surface area contributed by atoms with Crippen molar-refractivity contribution in [3.63, 3.8) is 0 Å². The van der Waals surface area contributed by atoms with Crippen molar-refractivity contribution in [1.29, 1.82) is 0 Å². The standard InChI is InChI=1S/C12H18N2O2.ClH/c1-8-6-11(9(2)16-8)12(15)14-7-10-4-3-5-13-10;/h6,10,13H,3-5,7H2,1-2H3,(H,14,15);1H. The summed E-state index contributed by atoms with van der Waals surface area (Å²) in [5, 5.41) is 6.28. The van der Waals surface area contributed by atoms with Gasteiger partial charge in [0.25, 0.3) is 5.91 Å². The lowest BCUT2D eigenvalue weighted by Gasteiger charge is -2.10. The largest absolute Gasteiger partial charge is 0.466 e. The summed E-state index contributed by atoms with van der Waals surface area (Å²) in [5.41, 5.74) is 0.649. The van der Waals surface area contributed by atoms with Crippen molar-refractivity contribution in [3.05, 3.63) is 23.2 Å². The van der Waals surface area contributed by atoms with E-state index in [4.69, 9.17) is 4.42 Å². The van der Waals surface area contributed by atoms with Crippen molar-refractivity contribution in [2.45, 2.75) is 32.7 Å². The Hall–Kier alpha value is -1.000. The molecule has 96 valence electrons. The smallest absolute Gasteiger partial charge is 0.254 e. The number of carbonyl (C=O) groups excluding carboxylic acids is 1. The molecular formula is C12H19ClN2O2. The van der Waals surface area contributed by atoms with E-state index >= 15 is 0 Å². The monoisotopic (exact) mass is 258 g/mol. The molecule has 1 aliphatic rings. The maximum atomic E-state index is 11.8. The second-order valence-corrected chi connectivity index (χ2v) is 4.33. The highest BCUT2D eigenvalue weighted by Crippen LogP contribution is 2.13. The number of carbonyl (C=O) groups is 1. The van der Waals surface area contributed by atoms with E-state index in [1.165, 1.54) is 6.42 Å². The van der Waals surface area contributed by atoms with Gasteiger partial charge in [-0.05, 0) is 39.3 Å². The van der Waals surface area contributed by atoms with Crippen LogP contribution in [-0.2, 0) is 0 Å². The fourth-order valence-electron chi connectivity index (χ4n) is 2.10. The number of amides is 1. The normalized spacial score (nSPS) is 18.8. The molecule has 1 saturated heterocycles. The molecule has 1 unspecified atom stereocenters. The summed E-state index contributed by atoms with van der Waals surface area (Å²) in [7, 11) is 0. The van der Waals surface area contributed by atoms with E-state index in [9.17, 15) is 4.79 Å². The fourth-order valence-corrected chi connectivity index (χ4v) is 2.10. The van der Waals surface area contributed by atoms with E-state index in [1.807, 2.05) is 13.8 Å². The minimum atomic E-state index is -0.0388. The second-order valence-electron chi connectivity index (χ2n) is 4.33. The summed E-state index contributed by atoms with van der Waals surface area (Å²) in [6.45, 7) is 5.42. The topological polar surface area (TPSA) is 54.3 Å². The average Bonchev–Trinajstić information content (AvgIpc) is 2.84. The number of halogens is 1. The minimum absolute atomic E-state index is 0. The van der Waals surface area contributed by atoms with Crippen molar-refractivity contribution >= 4 is 18.3 Å². The zero-order valence-corrected chi connectivity index (χ0v) is 11.0. The summed E-state index contributed by atoms with van der Waals surface area (Å²) in [6, 6.07) is 2.21. The first-order valence-corrected chi connectivity index (χ1v) is 5.75. The number of nitrogens with one attached hydrogen (secondary N) is 2. The zero-order valence-electron chi connectivity index (χ0n) is 10.2. The quantitative estimate of drug-likeness (QED) is 0.869. The number of furan rings is 1. The van der Waals surface area contributed by atoms with Crippen LogP contribution in [0.2, 0.25) is 0 Å². The lowest BCUT2D eigenvalue weighted by Crippen LogP contribution is -2.37. The van der Waals surface area contributed by atoms with E-state index in [0.717, 1.165) is 18.7 Å². The van der Waals surface area contributed by atoms with Crippen molar-refractivity contribution in [1.82, 2.24) is 10.6 Å². The average molecular weight is 259 g/mol. The van der Waals surface area contributed by atoms with Crippen LogP contribution in [0.15, 0.2) is 10.5 Å². The van der Waals surface area contributed by atoms with Gasteiger partial charge in [-0.2, -0.15) is 0 Å². The molecule has 2 rings (SSSR count). The van der Waals surface area contributed by atoms with Crippen LogP contribution in [0.4, 0.5) is 0 Å². The third kappa shape index (κ3) is 3.48. The van der Waals surface area contributed by atoms with Crippen molar-refractivity contribution in [2.75, 3.05) is 13.1 Å². The van der Waals surface area contributed by atoms with Crippen molar-refractivity contribution < 1.29 is 9.21 Å². The molecule has 0 spiro atoms. The summed E-state index contributed by atoms with van der Waals surface area (Å²) in [6.07, 6.45) is 2.34. The van der Waals surface area contributed by atoms with Crippen LogP contribution in [0.3, 0.4) is 0 Å². The van der Waals surface area contributed by atoms with Gasteiger partial charge in [-0.3, -0.25) is 4.79 Å². The van der Waals surface area contributed by atoms with Gasteiger partial charge in [0, 0.05) is 12.6 Å². The van der Waals surface area contributed by atoms with Gasteiger partial charge in [-0.25, -0.2) is 0 Å². The van der Waals surface area contributed by atoms with E-state index in [0.29, 0.717) is 23.9 Å². The molecule has 5 heteroatoms. The molecule has 0 radical (unpaired) electrons. The first-order valence-electron chi connectivity index (χ1n) is 5.75. The maximum Gasteiger partial charge on any atom is 0.254 e. The third-order valence-corrected chi connectivity index (χ3v) is 2.96. The molecule has 1 fully saturated rings. The van der Waals surface area contributed by atoms with Gasteiger partial charge >= 0.3 is 0 Å². The molecule has 1 aromatic rings. The molecule has 0 saturated carbocycles. The number of hydrogen-bond acceptors (Lipinski definition) is 3. The van der Waals surface area contributed by atoms with E-state index in [1.54, 1.807) is 6.07 Å². The summed E-state index contributed by atoms with van der Waals surface area (Å²) in [4.78, 5) is 11.8. The third-order valence-electron chi connectivity index (χ3n) is 2.96. The molecule has 1 aliphatic heterocycles. The Labute approximate surface area is 108 Å². The molecule has 0 bridgehead atoms. The van der Waals surface area contributed by atoms with Crippen LogP contribution in [0.5, 0.6) is 0 Å². The van der Waals surface area contributed by atoms with E-state index in [2.05, 4.69) is 10.6 Å². The molecule has 17 heavy (non-hydrogen) atoms. The van der Waals surface area contributed by atoms with E-state index in [-0.39, 0.29) is 18.3 Å². The first-order chi connectivity index (χ1) is 7.66. The lowest BCUT2D eigenvalue weighted by atomic mass is 10.2. The summed E-state index contributed by atoms with van der Waals surface area (Å²) < 4.78 is 5.33. The molecule has 1 aromatic heterocycles. The predicted octanol–water partition coefficient (Wildman–Crippen LogP) is 1.80. The van der Waals surface area contributed by atoms with Gasteiger partial charge in [0.2, 0.25) is 0 Å². The first kappa shape index (κ1) is 14.1. The van der Waals surface area contributed by atoms with Crippen LogP contribution >= 0.6 is 12.4 Å². The second kappa shape index (κ2) is 6.07. The molecule has 1 amide bonds. The summed E-state index contributed by atoms with van der Waals surface area (Å²) in [5.74, 6) is 1.43. The predicted molar refractivity (Wildman–Crippen MR) is 68.8 cm³/mol. The van der Waals surface area contributed by atoms with Crippen LogP contribution in [0.1, 0.15) is 34.7 Å². The number of rotatable bonds is 3. The SMILES string of the molecule is Cc1cc(C(=O)NCC2CCCN2)c(C)o1.Cl. The fraction of sp³-hybridized carbons (Fsp3) is 0.583. The highest BCUT2D eigenvalue weighted by Gasteiger charge is 2.17. The Morgan fingerprint density at radius 3 is 2.88 bits per heavy atom. The van der Waals surface area contributed by atoms with Crippen LogP contribution in [0.25, 0.3) is 0 Å². The number of hydrogen-bond donors (Lipinski definition) is 2. The molecule has 0 aliphatic carbocycles. The Bertz CT molecular complexity index is 384. The Kier molecular flexibility index (Phi) is 5.02. The van der Waals surface area contributed by atoms with Crippen molar-refractivity contribution in [3.8, 4) is 0 Å². The van der Waals surface area contributed by atoms with Gasteiger partial charge in [0.15, 0.2) is 0 Å². The van der Waals surface area contributed by atoms with Crippen LogP contribution < -0.4 is 10.6 Å². The molecule has 0 aromatic carbocycles. The van der Waals surface area contributed by atoms with Crippen LogP contribution in [-0.4, -0.2) is 25.0 Å². The maximum absolute atomic E-state index is 11.8. The Morgan fingerprint density at radius 1 is 1.59 bits per heavy atom. The molecule has 4 nitrogen and oxygen atoms in total. The number of aryl methyl sites for hydroxylation is 2. The zero-order chi connectivity index (χ0) is 11.5. The Morgan fingerprint density at radius 2 is 2.35 bits per heavy atom. The van der Waals surface area contributed by atoms with Crippen LogP contribution in [0, 0.1) is 13.8 Å². The van der Waals surface area contributed by atoms with Gasteiger partial charge in [0.05, 0.1) is 5.56 Å². The van der Waals surface area contributed by atoms with Crippen molar-refractivity contribution in [2.24, 2.45) is 0 Å². The molecule has 1 atom stereocenters. The van der Waals surface area contributed by atoms with Gasteiger partial charge in [-0.1, -0.05) is 0 Å². The molecular weight excluding hydrogens is 240 g/mol. The molecule has 2 N–H and O–H groups in total. The molecule has 2 heterocycles. The van der Waals surface area contributed by atoms with Gasteiger partial charge < -0.3 is 15.1 Å². The van der Waals surface area contributed by atoms with Gasteiger partial charge in [-0.15, -0.1) is 12.4 Å².